The van der Waals surface area contributed by atoms with Crippen LogP contribution in [0.1, 0.15) is 18.5 Å². The second-order valence-electron chi connectivity index (χ2n) is 6.67. The summed E-state index contributed by atoms with van der Waals surface area (Å²) in [4.78, 5) is 24.6. The Morgan fingerprint density at radius 1 is 1.42 bits per heavy atom. The molecule has 142 valence electrons. The largest absolute Gasteiger partial charge is 0.356 e. The van der Waals surface area contributed by atoms with Crippen molar-refractivity contribution in [1.29, 1.82) is 0 Å². The fraction of sp³-hybridized carbons (Fsp3) is 0.526. The van der Waals surface area contributed by atoms with Gasteiger partial charge in [0.15, 0.2) is 5.96 Å². The number of pyridine rings is 1. The number of aromatic nitrogens is 1. The van der Waals surface area contributed by atoms with Gasteiger partial charge >= 0.3 is 0 Å². The van der Waals surface area contributed by atoms with E-state index >= 15 is 0 Å². The van der Waals surface area contributed by atoms with Crippen molar-refractivity contribution in [2.45, 2.75) is 25.8 Å². The number of aliphatic imine (C=N–C) groups is 1. The molecule has 0 spiro atoms. The average Bonchev–Trinajstić information content (AvgIpc) is 2.64. The highest BCUT2D eigenvalue weighted by Gasteiger charge is 2.21. The second-order valence-corrected chi connectivity index (χ2v) is 6.67. The van der Waals surface area contributed by atoms with Gasteiger partial charge in [0.2, 0.25) is 5.91 Å². The van der Waals surface area contributed by atoms with Crippen molar-refractivity contribution in [1.82, 2.24) is 20.5 Å². The third-order valence-corrected chi connectivity index (χ3v) is 4.32. The number of piperidine rings is 1. The minimum Gasteiger partial charge on any atom is -0.356 e. The average molecular weight is 358 g/mol. The molecule has 1 aromatic heterocycles. The van der Waals surface area contributed by atoms with Crippen LogP contribution in [0.4, 0.5) is 5.82 Å². The molecule has 2 rings (SSSR count). The lowest BCUT2D eigenvalue weighted by molar-refractivity contribution is -0.127. The Bertz CT molecular complexity index is 635. The number of amides is 1. The number of carbonyl (C=O) groups is 1. The highest BCUT2D eigenvalue weighted by Crippen LogP contribution is 2.18. The van der Waals surface area contributed by atoms with Crippen molar-refractivity contribution in [2.75, 3.05) is 45.2 Å². The molecule has 0 saturated carbocycles. The van der Waals surface area contributed by atoms with Gasteiger partial charge in [0, 0.05) is 45.5 Å². The van der Waals surface area contributed by atoms with E-state index in [2.05, 4.69) is 38.2 Å². The summed E-state index contributed by atoms with van der Waals surface area (Å²) in [5.41, 5.74) is 1.04. The summed E-state index contributed by atoms with van der Waals surface area (Å²) in [6.07, 6.45) is 3.76. The van der Waals surface area contributed by atoms with Crippen LogP contribution < -0.4 is 15.5 Å². The number of nitrogens with zero attached hydrogens (tertiary/aromatic N) is 4. The molecule has 1 fully saturated rings. The SMILES string of the molecule is C=CCNC(=NCC(=O)N(C)C)NC1CCN(c2cccc(C)n2)CC1. The van der Waals surface area contributed by atoms with E-state index < -0.39 is 0 Å². The van der Waals surface area contributed by atoms with Gasteiger partial charge in [-0.25, -0.2) is 9.98 Å². The Kier molecular flexibility index (Phi) is 7.44. The van der Waals surface area contributed by atoms with Gasteiger partial charge in [0.1, 0.15) is 12.4 Å². The molecule has 1 aliphatic rings. The monoisotopic (exact) mass is 358 g/mol. The quantitative estimate of drug-likeness (QED) is 0.454. The number of nitrogens with one attached hydrogen (secondary N) is 2. The van der Waals surface area contributed by atoms with Crippen molar-refractivity contribution >= 4 is 17.7 Å². The molecule has 26 heavy (non-hydrogen) atoms. The van der Waals surface area contributed by atoms with E-state index in [1.807, 2.05) is 19.1 Å². The van der Waals surface area contributed by atoms with Crippen LogP contribution >= 0.6 is 0 Å². The molecule has 1 amide bonds. The van der Waals surface area contributed by atoms with Crippen molar-refractivity contribution in [3.8, 4) is 0 Å². The maximum atomic E-state index is 11.8. The molecule has 0 radical (unpaired) electrons. The zero-order valence-corrected chi connectivity index (χ0v) is 16.0. The van der Waals surface area contributed by atoms with Crippen LogP contribution in [0.2, 0.25) is 0 Å². The Hall–Kier alpha value is -2.57. The van der Waals surface area contributed by atoms with Gasteiger partial charge in [-0.1, -0.05) is 12.1 Å². The predicted octanol–water partition coefficient (Wildman–Crippen LogP) is 1.17. The van der Waals surface area contributed by atoms with Crippen LogP contribution in [0.25, 0.3) is 0 Å². The first kappa shape index (κ1) is 19.8. The number of anilines is 1. The lowest BCUT2D eigenvalue weighted by Crippen LogP contribution is -2.49. The minimum absolute atomic E-state index is 0.0231. The highest BCUT2D eigenvalue weighted by molar-refractivity contribution is 5.85. The third-order valence-electron chi connectivity index (χ3n) is 4.32. The first-order valence-electron chi connectivity index (χ1n) is 9.04. The summed E-state index contributed by atoms with van der Waals surface area (Å²) in [5.74, 6) is 1.68. The van der Waals surface area contributed by atoms with Crippen molar-refractivity contribution in [3.63, 3.8) is 0 Å². The van der Waals surface area contributed by atoms with Crippen LogP contribution in [0.5, 0.6) is 0 Å². The van der Waals surface area contributed by atoms with Crippen LogP contribution in [-0.4, -0.2) is 68.1 Å². The molecule has 0 bridgehead atoms. The van der Waals surface area contributed by atoms with E-state index in [0.29, 0.717) is 18.5 Å². The summed E-state index contributed by atoms with van der Waals surface area (Å²) in [7, 11) is 3.47. The number of guanidine groups is 1. The Labute approximate surface area is 156 Å². The van der Waals surface area contributed by atoms with Crippen LogP contribution in [0.15, 0.2) is 35.8 Å². The summed E-state index contributed by atoms with van der Waals surface area (Å²) in [6.45, 7) is 8.36. The molecule has 2 heterocycles. The molecular formula is C19H30N6O. The first-order valence-corrected chi connectivity index (χ1v) is 9.04. The number of likely N-dealkylation sites (N-methyl/N-ethyl adjacent to an activating group) is 1. The Morgan fingerprint density at radius 3 is 2.77 bits per heavy atom. The molecule has 7 heteroatoms. The zero-order chi connectivity index (χ0) is 18.9. The van der Waals surface area contributed by atoms with E-state index in [1.54, 1.807) is 25.1 Å². The zero-order valence-electron chi connectivity index (χ0n) is 16.0. The number of rotatable bonds is 6. The molecule has 2 N–H and O–H groups in total. The Balaban J connectivity index is 1.90. The molecule has 7 nitrogen and oxygen atoms in total. The third kappa shape index (κ3) is 6.06. The highest BCUT2D eigenvalue weighted by atomic mass is 16.2. The van der Waals surface area contributed by atoms with Gasteiger partial charge in [-0.15, -0.1) is 6.58 Å². The van der Waals surface area contributed by atoms with Gasteiger partial charge in [-0.2, -0.15) is 0 Å². The smallest absolute Gasteiger partial charge is 0.243 e. The number of carbonyl (C=O) groups excluding carboxylic acids is 1. The van der Waals surface area contributed by atoms with Crippen molar-refractivity contribution in [3.05, 3.63) is 36.5 Å². The first-order chi connectivity index (χ1) is 12.5. The predicted molar refractivity (Wildman–Crippen MR) is 107 cm³/mol. The summed E-state index contributed by atoms with van der Waals surface area (Å²) in [6, 6.07) is 6.45. The standard InChI is InChI=1S/C19H30N6O/c1-5-11-20-19(21-14-18(26)24(3)4)23-16-9-12-25(13-10-16)17-8-6-7-15(2)22-17/h5-8,16H,1,9-14H2,2-4H3,(H2,20,21,23). The fourth-order valence-corrected chi connectivity index (χ4v) is 2.76. The molecule has 0 unspecified atom stereocenters. The van der Waals surface area contributed by atoms with E-state index in [0.717, 1.165) is 37.4 Å². The van der Waals surface area contributed by atoms with Crippen LogP contribution in [-0.2, 0) is 4.79 Å². The van der Waals surface area contributed by atoms with Crippen LogP contribution in [0.3, 0.4) is 0 Å². The van der Waals surface area contributed by atoms with Crippen LogP contribution in [0, 0.1) is 6.92 Å². The Morgan fingerprint density at radius 2 is 2.15 bits per heavy atom. The molecule has 1 aromatic rings. The maximum absolute atomic E-state index is 11.8. The molecule has 0 aromatic carbocycles. The number of hydrogen-bond acceptors (Lipinski definition) is 4. The maximum Gasteiger partial charge on any atom is 0.243 e. The minimum atomic E-state index is -0.0231. The second kappa shape index (κ2) is 9.79. The van der Waals surface area contributed by atoms with Gasteiger partial charge < -0.3 is 20.4 Å². The topological polar surface area (TPSA) is 72.9 Å². The van der Waals surface area contributed by atoms with Gasteiger partial charge in [-0.3, -0.25) is 4.79 Å². The normalized spacial score (nSPS) is 15.5. The lowest BCUT2D eigenvalue weighted by Gasteiger charge is -2.34. The van der Waals surface area contributed by atoms with Crippen molar-refractivity contribution < 1.29 is 4.79 Å². The molecule has 1 aliphatic heterocycles. The van der Waals surface area contributed by atoms with Crippen molar-refractivity contribution in [2.24, 2.45) is 4.99 Å². The van der Waals surface area contributed by atoms with Gasteiger partial charge in [0.25, 0.3) is 0 Å². The van der Waals surface area contributed by atoms with E-state index in [-0.39, 0.29) is 12.5 Å². The molecular weight excluding hydrogens is 328 g/mol. The van der Waals surface area contributed by atoms with Gasteiger partial charge in [-0.05, 0) is 31.9 Å². The molecule has 0 atom stereocenters. The fourth-order valence-electron chi connectivity index (χ4n) is 2.76. The number of hydrogen-bond donors (Lipinski definition) is 2. The summed E-state index contributed by atoms with van der Waals surface area (Å²) in [5, 5.41) is 6.63. The summed E-state index contributed by atoms with van der Waals surface area (Å²) >= 11 is 0. The summed E-state index contributed by atoms with van der Waals surface area (Å²) < 4.78 is 0. The van der Waals surface area contributed by atoms with E-state index in [4.69, 9.17) is 0 Å². The van der Waals surface area contributed by atoms with E-state index in [9.17, 15) is 4.79 Å². The molecule has 1 saturated heterocycles. The van der Waals surface area contributed by atoms with Gasteiger partial charge in [0.05, 0.1) is 0 Å². The molecule has 0 aliphatic carbocycles. The number of aryl methyl sites for hydroxylation is 1. The lowest BCUT2D eigenvalue weighted by atomic mass is 10.1. The van der Waals surface area contributed by atoms with E-state index in [1.165, 1.54) is 0 Å².